The van der Waals surface area contributed by atoms with Gasteiger partial charge in [-0.2, -0.15) is 0 Å². The molecular formula is C16H16. The number of hydrogen-bond acceptors (Lipinski definition) is 0. The van der Waals surface area contributed by atoms with Crippen LogP contribution >= 0.6 is 0 Å². The number of fused-ring (bicyclic) bond motifs is 1. The number of rotatable bonds is 2. The molecular weight excluding hydrogens is 192 g/mol. The summed E-state index contributed by atoms with van der Waals surface area (Å²) in [5.41, 5.74) is 6.03. The SMILES string of the molecule is CCC1=Cc2ccccc2C1C1=CC=CC1. The number of allylic oxidation sites excluding steroid dienone is 5. The second-order valence-electron chi connectivity index (χ2n) is 4.51. The Morgan fingerprint density at radius 2 is 2.12 bits per heavy atom. The van der Waals surface area contributed by atoms with Gasteiger partial charge in [-0.05, 0) is 24.0 Å². The largest absolute Gasteiger partial charge is 0.0804 e. The molecule has 3 rings (SSSR count). The van der Waals surface area contributed by atoms with Gasteiger partial charge >= 0.3 is 0 Å². The predicted octanol–water partition coefficient (Wildman–Crippen LogP) is 4.46. The van der Waals surface area contributed by atoms with E-state index in [0.29, 0.717) is 5.92 Å². The van der Waals surface area contributed by atoms with E-state index in [1.165, 1.54) is 11.1 Å². The van der Waals surface area contributed by atoms with E-state index in [1.807, 2.05) is 0 Å². The highest BCUT2D eigenvalue weighted by atomic mass is 14.3. The van der Waals surface area contributed by atoms with Gasteiger partial charge in [0.05, 0.1) is 0 Å². The van der Waals surface area contributed by atoms with Crippen molar-refractivity contribution in [2.24, 2.45) is 0 Å². The molecule has 16 heavy (non-hydrogen) atoms. The van der Waals surface area contributed by atoms with Crippen LogP contribution in [0.2, 0.25) is 0 Å². The van der Waals surface area contributed by atoms with Crippen LogP contribution in [0.3, 0.4) is 0 Å². The van der Waals surface area contributed by atoms with E-state index in [9.17, 15) is 0 Å². The number of hydrogen-bond donors (Lipinski definition) is 0. The molecule has 0 spiro atoms. The second-order valence-corrected chi connectivity index (χ2v) is 4.51. The summed E-state index contributed by atoms with van der Waals surface area (Å²) in [7, 11) is 0. The third kappa shape index (κ3) is 1.37. The minimum Gasteiger partial charge on any atom is -0.0804 e. The van der Waals surface area contributed by atoms with E-state index in [1.54, 1.807) is 11.1 Å². The molecule has 2 aliphatic carbocycles. The van der Waals surface area contributed by atoms with Gasteiger partial charge in [-0.3, -0.25) is 0 Å². The van der Waals surface area contributed by atoms with E-state index < -0.39 is 0 Å². The Balaban J connectivity index is 2.06. The highest BCUT2D eigenvalue weighted by Crippen LogP contribution is 2.44. The quantitative estimate of drug-likeness (QED) is 0.673. The van der Waals surface area contributed by atoms with Crippen molar-refractivity contribution in [3.63, 3.8) is 0 Å². The van der Waals surface area contributed by atoms with Crippen LogP contribution < -0.4 is 0 Å². The summed E-state index contributed by atoms with van der Waals surface area (Å²) < 4.78 is 0. The maximum Gasteiger partial charge on any atom is 0.0273 e. The average molecular weight is 208 g/mol. The van der Waals surface area contributed by atoms with Crippen molar-refractivity contribution in [2.75, 3.05) is 0 Å². The lowest BCUT2D eigenvalue weighted by Crippen LogP contribution is -2.01. The van der Waals surface area contributed by atoms with Crippen molar-refractivity contribution in [3.05, 3.63) is 64.8 Å². The van der Waals surface area contributed by atoms with E-state index >= 15 is 0 Å². The first-order valence-electron chi connectivity index (χ1n) is 6.05. The summed E-state index contributed by atoms with van der Waals surface area (Å²) >= 11 is 0. The van der Waals surface area contributed by atoms with Gasteiger partial charge in [-0.25, -0.2) is 0 Å². The lowest BCUT2D eigenvalue weighted by molar-refractivity contribution is 0.868. The summed E-state index contributed by atoms with van der Waals surface area (Å²) in [6, 6.07) is 8.79. The van der Waals surface area contributed by atoms with Gasteiger partial charge < -0.3 is 0 Å². The van der Waals surface area contributed by atoms with Gasteiger partial charge in [0.15, 0.2) is 0 Å². The molecule has 0 aliphatic heterocycles. The van der Waals surface area contributed by atoms with Gasteiger partial charge in [0.2, 0.25) is 0 Å². The Morgan fingerprint density at radius 1 is 1.25 bits per heavy atom. The maximum atomic E-state index is 2.37. The lowest BCUT2D eigenvalue weighted by atomic mass is 9.86. The topological polar surface area (TPSA) is 0 Å². The molecule has 0 heterocycles. The lowest BCUT2D eigenvalue weighted by Gasteiger charge is -2.17. The molecule has 0 N–H and O–H groups in total. The van der Waals surface area contributed by atoms with E-state index in [-0.39, 0.29) is 0 Å². The highest BCUT2D eigenvalue weighted by molar-refractivity contribution is 5.69. The molecule has 0 radical (unpaired) electrons. The maximum absolute atomic E-state index is 2.37. The van der Waals surface area contributed by atoms with Gasteiger partial charge in [-0.15, -0.1) is 0 Å². The third-order valence-corrected chi connectivity index (χ3v) is 3.60. The Bertz CT molecular complexity index is 501. The average Bonchev–Trinajstić information content (AvgIpc) is 2.94. The van der Waals surface area contributed by atoms with Gasteiger partial charge in [0, 0.05) is 5.92 Å². The molecule has 2 aliphatic rings. The molecule has 1 atom stereocenters. The summed E-state index contributed by atoms with van der Waals surface area (Å²) in [6.45, 7) is 2.26. The van der Waals surface area contributed by atoms with E-state index in [4.69, 9.17) is 0 Å². The minimum atomic E-state index is 0.552. The highest BCUT2D eigenvalue weighted by Gasteiger charge is 2.26. The Kier molecular flexibility index (Phi) is 2.28. The summed E-state index contributed by atoms with van der Waals surface area (Å²) in [5, 5.41) is 0. The summed E-state index contributed by atoms with van der Waals surface area (Å²) in [4.78, 5) is 0. The van der Waals surface area contributed by atoms with Crippen LogP contribution in [0.1, 0.15) is 36.8 Å². The zero-order valence-corrected chi connectivity index (χ0v) is 9.61. The third-order valence-electron chi connectivity index (χ3n) is 3.60. The van der Waals surface area contributed by atoms with Crippen LogP contribution in [0.4, 0.5) is 0 Å². The van der Waals surface area contributed by atoms with Crippen LogP contribution in [0.5, 0.6) is 0 Å². The molecule has 1 aromatic carbocycles. The molecule has 1 aromatic rings. The molecule has 0 heteroatoms. The molecule has 80 valence electrons. The predicted molar refractivity (Wildman–Crippen MR) is 69.3 cm³/mol. The Hall–Kier alpha value is -1.56. The van der Waals surface area contributed by atoms with Crippen LogP contribution in [-0.2, 0) is 0 Å². The standard InChI is InChI=1S/C16H16/c1-2-12-11-14-9-5-6-10-15(14)16(12)13-7-3-4-8-13/h3-7,9-11,16H,2,8H2,1H3. The fourth-order valence-electron chi connectivity index (χ4n) is 2.81. The molecule has 0 saturated carbocycles. The fraction of sp³-hybridized carbons (Fsp3) is 0.250. The molecule has 1 unspecified atom stereocenters. The molecule has 0 amide bonds. The smallest absolute Gasteiger partial charge is 0.0273 e. The van der Waals surface area contributed by atoms with Crippen molar-refractivity contribution in [1.29, 1.82) is 0 Å². The Morgan fingerprint density at radius 3 is 2.88 bits per heavy atom. The van der Waals surface area contributed by atoms with Gasteiger partial charge in [-0.1, -0.05) is 66.6 Å². The van der Waals surface area contributed by atoms with Crippen molar-refractivity contribution >= 4 is 6.08 Å². The van der Waals surface area contributed by atoms with Crippen LogP contribution in [0.15, 0.2) is 53.6 Å². The van der Waals surface area contributed by atoms with Crippen LogP contribution in [0, 0.1) is 0 Å². The van der Waals surface area contributed by atoms with Crippen LogP contribution in [0.25, 0.3) is 6.08 Å². The minimum absolute atomic E-state index is 0.552. The zero-order valence-electron chi connectivity index (χ0n) is 9.61. The summed E-state index contributed by atoms with van der Waals surface area (Å²) in [5.74, 6) is 0.552. The van der Waals surface area contributed by atoms with E-state index in [2.05, 4.69) is 55.5 Å². The molecule has 0 saturated heterocycles. The second kappa shape index (κ2) is 3.79. The molecule has 0 aromatic heterocycles. The normalized spacial score (nSPS) is 21.9. The fourth-order valence-corrected chi connectivity index (χ4v) is 2.81. The van der Waals surface area contributed by atoms with Crippen molar-refractivity contribution in [2.45, 2.75) is 25.7 Å². The molecule has 0 fully saturated rings. The Labute approximate surface area is 97.0 Å². The van der Waals surface area contributed by atoms with E-state index in [0.717, 1.165) is 12.8 Å². The first kappa shape index (κ1) is 9.65. The van der Waals surface area contributed by atoms with Crippen molar-refractivity contribution < 1.29 is 0 Å². The van der Waals surface area contributed by atoms with Crippen LogP contribution in [-0.4, -0.2) is 0 Å². The zero-order chi connectivity index (χ0) is 11.0. The number of benzene rings is 1. The first-order valence-corrected chi connectivity index (χ1v) is 6.05. The van der Waals surface area contributed by atoms with Gasteiger partial charge in [0.1, 0.15) is 0 Å². The summed E-state index contributed by atoms with van der Waals surface area (Å²) in [6.07, 6.45) is 11.4. The van der Waals surface area contributed by atoms with Crippen molar-refractivity contribution in [3.8, 4) is 0 Å². The molecule has 0 bridgehead atoms. The van der Waals surface area contributed by atoms with Gasteiger partial charge in [0.25, 0.3) is 0 Å². The first-order chi connectivity index (χ1) is 7.90. The molecule has 0 nitrogen and oxygen atoms in total. The monoisotopic (exact) mass is 208 g/mol. The van der Waals surface area contributed by atoms with Crippen molar-refractivity contribution in [1.82, 2.24) is 0 Å².